The average molecular weight is 215 g/mol. The zero-order chi connectivity index (χ0) is 11.6. The highest BCUT2D eigenvalue weighted by Gasteiger charge is 2.66. The molecule has 3 fully saturated rings. The van der Waals surface area contributed by atoms with Crippen molar-refractivity contribution in [3.05, 3.63) is 11.1 Å². The highest BCUT2D eigenvalue weighted by Crippen LogP contribution is 2.77. The molecule has 86 valence electrons. The van der Waals surface area contributed by atoms with Crippen LogP contribution in [0.3, 0.4) is 0 Å². The van der Waals surface area contributed by atoms with Gasteiger partial charge in [-0.3, -0.25) is 0 Å². The highest BCUT2D eigenvalue weighted by molar-refractivity contribution is 5.41. The van der Waals surface area contributed by atoms with Gasteiger partial charge in [-0.15, -0.1) is 0 Å². The second-order valence-electron chi connectivity index (χ2n) is 7.53. The van der Waals surface area contributed by atoms with Crippen LogP contribution in [-0.4, -0.2) is 0 Å². The van der Waals surface area contributed by atoms with Gasteiger partial charge in [-0.1, -0.05) is 26.3 Å². The van der Waals surface area contributed by atoms with Gasteiger partial charge < -0.3 is 0 Å². The van der Waals surface area contributed by atoms with Gasteiger partial charge in [-0.05, 0) is 54.8 Å². The standard InChI is InChI=1S/C15H21N/c1-13(2)5-4-12(11(6-13)7-16)15-8-14(3,9-15)10-15/h4-6,8-10H2,1-3H3. The third-order valence-corrected chi connectivity index (χ3v) is 5.14. The zero-order valence-electron chi connectivity index (χ0n) is 10.7. The summed E-state index contributed by atoms with van der Waals surface area (Å²) in [5.41, 5.74) is 4.19. The smallest absolute Gasteiger partial charge is 0.0947 e. The number of rotatable bonds is 1. The fraction of sp³-hybridized carbons (Fsp3) is 0.800. The van der Waals surface area contributed by atoms with Crippen LogP contribution in [0.1, 0.15) is 59.3 Å². The average Bonchev–Trinajstić information content (AvgIpc) is 2.10. The van der Waals surface area contributed by atoms with E-state index in [0.717, 1.165) is 12.0 Å². The van der Waals surface area contributed by atoms with E-state index in [4.69, 9.17) is 0 Å². The van der Waals surface area contributed by atoms with E-state index in [0.29, 0.717) is 16.2 Å². The Bertz CT molecular complexity index is 399. The first-order chi connectivity index (χ1) is 7.38. The van der Waals surface area contributed by atoms with Gasteiger partial charge in [-0.2, -0.15) is 5.26 Å². The third-order valence-electron chi connectivity index (χ3n) is 5.14. The molecule has 0 unspecified atom stereocenters. The predicted molar refractivity (Wildman–Crippen MR) is 64.7 cm³/mol. The summed E-state index contributed by atoms with van der Waals surface area (Å²) in [6.45, 7) is 6.99. The van der Waals surface area contributed by atoms with Crippen molar-refractivity contribution >= 4 is 0 Å². The van der Waals surface area contributed by atoms with Crippen molar-refractivity contribution in [2.24, 2.45) is 16.2 Å². The van der Waals surface area contributed by atoms with Crippen LogP contribution in [0.2, 0.25) is 0 Å². The highest BCUT2D eigenvalue weighted by atomic mass is 14.7. The van der Waals surface area contributed by atoms with E-state index in [1.165, 1.54) is 32.1 Å². The molecule has 3 saturated carbocycles. The zero-order valence-corrected chi connectivity index (χ0v) is 10.7. The van der Waals surface area contributed by atoms with Crippen molar-refractivity contribution in [1.29, 1.82) is 5.26 Å². The van der Waals surface area contributed by atoms with Gasteiger partial charge >= 0.3 is 0 Å². The van der Waals surface area contributed by atoms with Crippen LogP contribution >= 0.6 is 0 Å². The van der Waals surface area contributed by atoms with E-state index in [-0.39, 0.29) is 0 Å². The van der Waals surface area contributed by atoms with E-state index in [2.05, 4.69) is 26.8 Å². The van der Waals surface area contributed by atoms with Gasteiger partial charge in [0.05, 0.1) is 6.07 Å². The van der Waals surface area contributed by atoms with Crippen molar-refractivity contribution in [1.82, 2.24) is 0 Å². The molecule has 0 spiro atoms. The Hall–Kier alpha value is -0.770. The molecule has 0 aliphatic heterocycles. The number of nitrogens with zero attached hydrogens (tertiary/aromatic N) is 1. The Morgan fingerprint density at radius 3 is 2.25 bits per heavy atom. The summed E-state index contributed by atoms with van der Waals surface area (Å²) in [4.78, 5) is 0. The first-order valence-corrected chi connectivity index (χ1v) is 6.51. The lowest BCUT2D eigenvalue weighted by Gasteiger charge is -2.71. The number of hydrogen-bond donors (Lipinski definition) is 0. The topological polar surface area (TPSA) is 23.8 Å². The summed E-state index contributed by atoms with van der Waals surface area (Å²) in [7, 11) is 0. The normalized spacial score (nSPS) is 44.4. The van der Waals surface area contributed by atoms with E-state index in [1.54, 1.807) is 5.57 Å². The van der Waals surface area contributed by atoms with Crippen LogP contribution in [0.5, 0.6) is 0 Å². The summed E-state index contributed by atoms with van der Waals surface area (Å²) in [5.74, 6) is 0. The van der Waals surface area contributed by atoms with Crippen molar-refractivity contribution < 1.29 is 0 Å². The van der Waals surface area contributed by atoms with Crippen LogP contribution in [-0.2, 0) is 0 Å². The molecule has 4 rings (SSSR count). The molecule has 0 aromatic rings. The van der Waals surface area contributed by atoms with Gasteiger partial charge in [0.2, 0.25) is 0 Å². The molecule has 0 aromatic carbocycles. The maximum atomic E-state index is 9.35. The van der Waals surface area contributed by atoms with Gasteiger partial charge in [0.25, 0.3) is 0 Å². The van der Waals surface area contributed by atoms with Crippen molar-refractivity contribution in [2.75, 3.05) is 0 Å². The van der Waals surface area contributed by atoms with Gasteiger partial charge in [0, 0.05) is 5.57 Å². The maximum absolute atomic E-state index is 9.35. The lowest BCUT2D eigenvalue weighted by Crippen LogP contribution is -2.61. The SMILES string of the molecule is CC1(C)CCC(C23CC(C)(C2)C3)=C(C#N)C1. The third kappa shape index (κ3) is 1.22. The quantitative estimate of drug-likeness (QED) is 0.643. The van der Waals surface area contributed by atoms with Crippen LogP contribution in [0.15, 0.2) is 11.1 Å². The molecule has 0 atom stereocenters. The van der Waals surface area contributed by atoms with Crippen LogP contribution < -0.4 is 0 Å². The van der Waals surface area contributed by atoms with Crippen molar-refractivity contribution in [3.63, 3.8) is 0 Å². The summed E-state index contributed by atoms with van der Waals surface area (Å²) >= 11 is 0. The molecule has 0 radical (unpaired) electrons. The monoisotopic (exact) mass is 215 g/mol. The molecule has 0 saturated heterocycles. The van der Waals surface area contributed by atoms with Crippen LogP contribution in [0.25, 0.3) is 0 Å². The lowest BCUT2D eigenvalue weighted by molar-refractivity contribution is -0.165. The molecule has 16 heavy (non-hydrogen) atoms. The molecule has 4 aliphatic rings. The molecule has 1 nitrogen and oxygen atoms in total. The second kappa shape index (κ2) is 2.73. The first-order valence-electron chi connectivity index (χ1n) is 6.51. The molecule has 1 heteroatoms. The molecule has 0 aromatic heterocycles. The fourth-order valence-corrected chi connectivity index (χ4v) is 4.60. The van der Waals surface area contributed by atoms with Gasteiger partial charge in [0.1, 0.15) is 0 Å². The molecular formula is C15H21N. The minimum atomic E-state index is 0.349. The Morgan fingerprint density at radius 1 is 1.12 bits per heavy atom. The molecule has 2 bridgehead atoms. The molecule has 0 N–H and O–H groups in total. The summed E-state index contributed by atoms with van der Waals surface area (Å²) in [6.07, 6.45) is 7.55. The number of allylic oxidation sites excluding steroid dienone is 2. The molecule has 4 aliphatic carbocycles. The van der Waals surface area contributed by atoms with Gasteiger partial charge in [0.15, 0.2) is 0 Å². The van der Waals surface area contributed by atoms with Crippen molar-refractivity contribution in [3.8, 4) is 6.07 Å². The Morgan fingerprint density at radius 2 is 1.75 bits per heavy atom. The molecule has 0 heterocycles. The largest absolute Gasteiger partial charge is 0.193 e. The van der Waals surface area contributed by atoms with E-state index >= 15 is 0 Å². The summed E-state index contributed by atoms with van der Waals surface area (Å²) in [5, 5.41) is 9.35. The minimum absolute atomic E-state index is 0.349. The van der Waals surface area contributed by atoms with Crippen molar-refractivity contribution in [2.45, 2.75) is 59.3 Å². The fourth-order valence-electron chi connectivity index (χ4n) is 4.60. The second-order valence-corrected chi connectivity index (χ2v) is 7.53. The van der Waals surface area contributed by atoms with E-state index in [9.17, 15) is 5.26 Å². The van der Waals surface area contributed by atoms with E-state index < -0.39 is 0 Å². The Kier molecular flexibility index (Phi) is 1.77. The van der Waals surface area contributed by atoms with Crippen LogP contribution in [0, 0.1) is 27.6 Å². The molecule has 0 amide bonds. The summed E-state index contributed by atoms with van der Waals surface area (Å²) in [6, 6.07) is 2.50. The molecular weight excluding hydrogens is 194 g/mol. The maximum Gasteiger partial charge on any atom is 0.0947 e. The van der Waals surface area contributed by atoms with Crippen LogP contribution in [0.4, 0.5) is 0 Å². The Labute approximate surface area is 98.5 Å². The Balaban J connectivity index is 1.90. The number of hydrogen-bond acceptors (Lipinski definition) is 1. The van der Waals surface area contributed by atoms with Gasteiger partial charge in [-0.25, -0.2) is 0 Å². The first kappa shape index (κ1) is 10.4. The predicted octanol–water partition coefficient (Wildman–Crippen LogP) is 4.21. The van der Waals surface area contributed by atoms with E-state index in [1.807, 2.05) is 0 Å². The minimum Gasteiger partial charge on any atom is -0.193 e. The number of nitriles is 1. The lowest BCUT2D eigenvalue weighted by atomic mass is 9.33. The summed E-state index contributed by atoms with van der Waals surface area (Å²) < 4.78 is 0.